The Morgan fingerprint density at radius 2 is 1.77 bits per heavy atom. The van der Waals surface area contributed by atoms with Crippen molar-refractivity contribution in [1.82, 2.24) is 14.8 Å². The maximum Gasteiger partial charge on any atom is 0.195 e. The lowest BCUT2D eigenvalue weighted by molar-refractivity contribution is 0.309. The van der Waals surface area contributed by atoms with Gasteiger partial charge in [0, 0.05) is 18.0 Å². The molecule has 0 saturated heterocycles. The van der Waals surface area contributed by atoms with Crippen molar-refractivity contribution in [3.8, 4) is 17.2 Å². The molecule has 30 heavy (non-hydrogen) atoms. The standard InChI is InChI=1S/C21H23Cl2N3O3S/c1-27-18-7-5-14(12-19(18)28-2)9-10-26-20(24-25-21(26)30)4-3-11-29-17-8-6-15(22)13-16(17)23/h5-8,12-13H,3-4,9-11H2,1-2H3,(H,25,30). The Morgan fingerprint density at radius 1 is 1.00 bits per heavy atom. The third-order valence-electron chi connectivity index (χ3n) is 4.61. The van der Waals surface area contributed by atoms with E-state index in [0.717, 1.165) is 30.7 Å². The van der Waals surface area contributed by atoms with Gasteiger partial charge in [0.05, 0.1) is 25.8 Å². The normalized spacial score (nSPS) is 10.8. The maximum atomic E-state index is 6.13. The van der Waals surface area contributed by atoms with Crippen LogP contribution in [-0.2, 0) is 19.4 Å². The molecule has 0 saturated carbocycles. The summed E-state index contributed by atoms with van der Waals surface area (Å²) in [5.74, 6) is 2.94. The van der Waals surface area contributed by atoms with E-state index in [1.807, 2.05) is 22.8 Å². The predicted octanol–water partition coefficient (Wildman–Crippen LogP) is 5.52. The van der Waals surface area contributed by atoms with E-state index in [2.05, 4.69) is 10.2 Å². The fourth-order valence-corrected chi connectivity index (χ4v) is 3.76. The molecule has 1 N–H and O–H groups in total. The van der Waals surface area contributed by atoms with E-state index in [9.17, 15) is 0 Å². The fraction of sp³-hybridized carbons (Fsp3) is 0.333. The molecule has 9 heteroatoms. The Bertz CT molecular complexity index is 1050. The number of rotatable bonds is 10. The van der Waals surface area contributed by atoms with Crippen LogP contribution in [0.1, 0.15) is 17.8 Å². The summed E-state index contributed by atoms with van der Waals surface area (Å²) < 4.78 is 19.0. The van der Waals surface area contributed by atoms with Gasteiger partial charge >= 0.3 is 0 Å². The van der Waals surface area contributed by atoms with E-state index >= 15 is 0 Å². The van der Waals surface area contributed by atoms with Crippen LogP contribution in [0, 0.1) is 4.77 Å². The third kappa shape index (κ3) is 5.68. The molecule has 0 atom stereocenters. The number of nitrogens with one attached hydrogen (secondary N) is 1. The van der Waals surface area contributed by atoms with Crippen molar-refractivity contribution in [3.05, 3.63) is 62.6 Å². The van der Waals surface area contributed by atoms with E-state index in [-0.39, 0.29) is 0 Å². The zero-order valence-corrected chi connectivity index (χ0v) is 19.1. The molecule has 3 rings (SSSR count). The molecule has 0 bridgehead atoms. The fourth-order valence-electron chi connectivity index (χ4n) is 3.05. The van der Waals surface area contributed by atoms with Crippen LogP contribution in [0.25, 0.3) is 0 Å². The second-order valence-corrected chi connectivity index (χ2v) is 7.79. The van der Waals surface area contributed by atoms with Crippen LogP contribution in [-0.4, -0.2) is 35.6 Å². The molecule has 0 radical (unpaired) electrons. The van der Waals surface area contributed by atoms with Crippen LogP contribution in [0.5, 0.6) is 17.2 Å². The number of halogens is 2. The Hall–Kier alpha value is -2.22. The minimum atomic E-state index is 0.500. The summed E-state index contributed by atoms with van der Waals surface area (Å²) >= 11 is 17.4. The number of aromatic nitrogens is 3. The van der Waals surface area contributed by atoms with Gasteiger partial charge in [0.1, 0.15) is 11.6 Å². The number of nitrogens with zero attached hydrogens (tertiary/aromatic N) is 2. The van der Waals surface area contributed by atoms with E-state index in [4.69, 9.17) is 49.6 Å². The van der Waals surface area contributed by atoms with Crippen molar-refractivity contribution in [2.45, 2.75) is 25.8 Å². The lowest BCUT2D eigenvalue weighted by Gasteiger charge is -2.11. The zero-order valence-electron chi connectivity index (χ0n) is 16.8. The second-order valence-electron chi connectivity index (χ2n) is 6.56. The topological polar surface area (TPSA) is 61.3 Å². The van der Waals surface area contributed by atoms with Crippen molar-refractivity contribution >= 4 is 35.4 Å². The largest absolute Gasteiger partial charge is 0.493 e. The highest BCUT2D eigenvalue weighted by atomic mass is 35.5. The van der Waals surface area contributed by atoms with Gasteiger partial charge in [-0.1, -0.05) is 29.3 Å². The molecule has 0 fully saturated rings. The molecular weight excluding hydrogens is 445 g/mol. The van der Waals surface area contributed by atoms with Crippen LogP contribution in [0.3, 0.4) is 0 Å². The van der Waals surface area contributed by atoms with Gasteiger partial charge in [-0.25, -0.2) is 0 Å². The summed E-state index contributed by atoms with van der Waals surface area (Å²) in [5.41, 5.74) is 1.13. The molecule has 1 aromatic heterocycles. The lowest BCUT2D eigenvalue weighted by atomic mass is 10.1. The van der Waals surface area contributed by atoms with Crippen molar-refractivity contribution in [1.29, 1.82) is 0 Å². The zero-order chi connectivity index (χ0) is 21.5. The smallest absolute Gasteiger partial charge is 0.195 e. The van der Waals surface area contributed by atoms with E-state index in [1.54, 1.807) is 32.4 Å². The number of hydrogen-bond acceptors (Lipinski definition) is 5. The molecule has 0 aliphatic heterocycles. The molecule has 2 aromatic carbocycles. The summed E-state index contributed by atoms with van der Waals surface area (Å²) in [7, 11) is 3.25. The summed E-state index contributed by atoms with van der Waals surface area (Å²) in [5, 5.41) is 8.33. The highest BCUT2D eigenvalue weighted by Crippen LogP contribution is 2.28. The van der Waals surface area contributed by atoms with Gasteiger partial charge in [-0.15, -0.1) is 0 Å². The molecule has 160 valence electrons. The molecule has 3 aromatic rings. The summed E-state index contributed by atoms with van der Waals surface area (Å²) in [6.45, 7) is 1.22. The van der Waals surface area contributed by atoms with Crippen LogP contribution >= 0.6 is 35.4 Å². The molecule has 6 nitrogen and oxygen atoms in total. The summed E-state index contributed by atoms with van der Waals surface area (Å²) in [6, 6.07) is 11.1. The van der Waals surface area contributed by atoms with E-state index in [1.165, 1.54) is 0 Å². The first kappa shape index (κ1) is 22.5. The van der Waals surface area contributed by atoms with E-state index in [0.29, 0.717) is 45.2 Å². The molecule has 0 unspecified atom stereocenters. The molecular formula is C21H23Cl2N3O3S. The molecule has 1 heterocycles. The van der Waals surface area contributed by atoms with Crippen LogP contribution < -0.4 is 14.2 Å². The highest BCUT2D eigenvalue weighted by molar-refractivity contribution is 7.71. The van der Waals surface area contributed by atoms with Crippen LogP contribution in [0.2, 0.25) is 10.0 Å². The van der Waals surface area contributed by atoms with Crippen LogP contribution in [0.15, 0.2) is 36.4 Å². The number of hydrogen-bond donors (Lipinski definition) is 1. The van der Waals surface area contributed by atoms with Crippen molar-refractivity contribution in [2.75, 3.05) is 20.8 Å². The number of aromatic amines is 1. The minimum absolute atomic E-state index is 0.500. The summed E-state index contributed by atoms with van der Waals surface area (Å²) in [6.07, 6.45) is 2.29. The minimum Gasteiger partial charge on any atom is -0.493 e. The summed E-state index contributed by atoms with van der Waals surface area (Å²) in [4.78, 5) is 0. The number of benzene rings is 2. The van der Waals surface area contributed by atoms with Gasteiger partial charge in [-0.05, 0) is 61.0 Å². The van der Waals surface area contributed by atoms with Gasteiger partial charge in [0.2, 0.25) is 0 Å². The number of H-pyrrole nitrogens is 1. The number of ether oxygens (including phenoxy) is 3. The molecule has 0 aliphatic rings. The third-order valence-corrected chi connectivity index (χ3v) is 5.45. The Morgan fingerprint density at radius 3 is 2.50 bits per heavy atom. The Kier molecular flexibility index (Phi) is 8.01. The first-order valence-electron chi connectivity index (χ1n) is 9.44. The van der Waals surface area contributed by atoms with Gasteiger partial charge in [-0.2, -0.15) is 5.10 Å². The van der Waals surface area contributed by atoms with Gasteiger partial charge in [0.25, 0.3) is 0 Å². The maximum absolute atomic E-state index is 6.13. The van der Waals surface area contributed by atoms with Gasteiger partial charge in [0.15, 0.2) is 16.3 Å². The van der Waals surface area contributed by atoms with Crippen molar-refractivity contribution < 1.29 is 14.2 Å². The highest BCUT2D eigenvalue weighted by Gasteiger charge is 2.09. The molecule has 0 spiro atoms. The monoisotopic (exact) mass is 467 g/mol. The molecule has 0 amide bonds. The van der Waals surface area contributed by atoms with Crippen molar-refractivity contribution in [2.24, 2.45) is 0 Å². The average Bonchev–Trinajstić information content (AvgIpc) is 3.10. The second kappa shape index (κ2) is 10.7. The van der Waals surface area contributed by atoms with Crippen molar-refractivity contribution in [3.63, 3.8) is 0 Å². The average molecular weight is 468 g/mol. The van der Waals surface area contributed by atoms with Gasteiger partial charge < -0.3 is 18.8 Å². The van der Waals surface area contributed by atoms with Gasteiger partial charge in [-0.3, -0.25) is 5.10 Å². The Balaban J connectivity index is 1.56. The SMILES string of the molecule is COc1ccc(CCn2c(CCCOc3ccc(Cl)cc3Cl)n[nH]c2=S)cc1OC. The molecule has 0 aliphatic carbocycles. The Labute approximate surface area is 190 Å². The van der Waals surface area contributed by atoms with E-state index < -0.39 is 0 Å². The quantitative estimate of drug-likeness (QED) is 0.314. The van der Waals surface area contributed by atoms with Crippen LogP contribution in [0.4, 0.5) is 0 Å². The predicted molar refractivity (Wildman–Crippen MR) is 121 cm³/mol. The number of aryl methyl sites for hydroxylation is 2. The number of methoxy groups -OCH3 is 2. The first-order chi connectivity index (χ1) is 14.5. The lowest BCUT2D eigenvalue weighted by Crippen LogP contribution is -2.09. The first-order valence-corrected chi connectivity index (χ1v) is 10.6.